The largest absolute Gasteiger partial charge is 0.486 e. The molecule has 0 N–H and O–H groups in total. The number of halogens is 7. The Labute approximate surface area is 282 Å². The molecule has 1 aliphatic rings. The number of ether oxygens (including phenoxy) is 2. The van der Waals surface area contributed by atoms with Gasteiger partial charge in [0.1, 0.15) is 11.5 Å². The second kappa shape index (κ2) is 12.8. The summed E-state index contributed by atoms with van der Waals surface area (Å²) in [4.78, 5) is 27.8. The number of ketones is 2. The van der Waals surface area contributed by atoms with Gasteiger partial charge in [-0.15, -0.1) is 0 Å². The van der Waals surface area contributed by atoms with Gasteiger partial charge in [-0.1, -0.05) is 38.1 Å². The predicted octanol–water partition coefficient (Wildman–Crippen LogP) is 9.49. The first-order valence-corrected chi connectivity index (χ1v) is 15.8. The van der Waals surface area contributed by atoms with Crippen LogP contribution < -0.4 is 9.47 Å². The van der Waals surface area contributed by atoms with Gasteiger partial charge in [0.2, 0.25) is 0 Å². The number of para-hydroxylation sites is 2. The topological polar surface area (TPSA) is 57.5 Å². The number of carbonyl (C=O) groups is 2. The fraction of sp³-hybridized carbons (Fsp3) is 0.316. The van der Waals surface area contributed by atoms with Crippen LogP contribution in [0, 0.1) is 5.41 Å². The van der Waals surface area contributed by atoms with E-state index in [9.17, 15) is 40.3 Å². The Hall–Kier alpha value is -4.87. The first kappa shape index (κ1) is 35.0. The average molecular weight is 700 g/mol. The van der Waals surface area contributed by atoms with E-state index in [0.717, 1.165) is 23.5 Å². The zero-order chi connectivity index (χ0) is 36.2. The Morgan fingerprint density at radius 3 is 1.88 bits per heavy atom. The lowest BCUT2D eigenvalue weighted by Crippen LogP contribution is -2.34. The van der Waals surface area contributed by atoms with Crippen molar-refractivity contribution in [1.82, 2.24) is 4.57 Å². The highest BCUT2D eigenvalue weighted by atomic mass is 19.3. The Kier molecular flexibility index (Phi) is 8.94. The predicted molar refractivity (Wildman–Crippen MR) is 174 cm³/mol. The Morgan fingerprint density at radius 2 is 1.30 bits per heavy atom. The zero-order valence-electron chi connectivity index (χ0n) is 27.2. The van der Waals surface area contributed by atoms with E-state index in [1.54, 1.807) is 36.4 Å². The van der Waals surface area contributed by atoms with Crippen LogP contribution in [0.3, 0.4) is 0 Å². The molecular weight excluding hydrogens is 667 g/mol. The molecular formula is C38H32F7NO4. The van der Waals surface area contributed by atoms with Gasteiger partial charge in [-0.25, -0.2) is 13.2 Å². The van der Waals surface area contributed by atoms with Crippen molar-refractivity contribution in [2.24, 2.45) is 5.41 Å². The maximum absolute atomic E-state index is 14.0. The molecule has 1 unspecified atom stereocenters. The van der Waals surface area contributed by atoms with Crippen molar-refractivity contribution in [2.45, 2.75) is 58.2 Å². The molecule has 0 spiro atoms. The SMILES string of the molecule is CC(F)C(F)(F)COc1ccccc1C(=O)c1cc2c3c(c1)c1cc(C(=O)c4ccccc4OCC(F)(F)C(F)F)ccc1n3CC(C)(C)C2. The van der Waals surface area contributed by atoms with Crippen LogP contribution >= 0.6 is 0 Å². The molecule has 50 heavy (non-hydrogen) atoms. The van der Waals surface area contributed by atoms with Crippen molar-refractivity contribution in [3.8, 4) is 11.5 Å². The molecule has 12 heteroatoms. The quantitative estimate of drug-likeness (QED) is 0.0962. The Balaban J connectivity index is 1.43. The van der Waals surface area contributed by atoms with E-state index in [1.165, 1.54) is 42.5 Å². The summed E-state index contributed by atoms with van der Waals surface area (Å²) >= 11 is 0. The van der Waals surface area contributed by atoms with E-state index >= 15 is 0 Å². The van der Waals surface area contributed by atoms with Gasteiger partial charge in [-0.05, 0) is 78.9 Å². The molecule has 0 aliphatic carbocycles. The third kappa shape index (κ3) is 6.55. The van der Waals surface area contributed by atoms with Crippen LogP contribution in [0.4, 0.5) is 30.7 Å². The number of benzene rings is 4. The molecule has 0 fully saturated rings. The zero-order valence-corrected chi connectivity index (χ0v) is 27.2. The first-order valence-electron chi connectivity index (χ1n) is 15.8. The van der Waals surface area contributed by atoms with Crippen molar-refractivity contribution >= 4 is 33.4 Å². The molecule has 1 atom stereocenters. The van der Waals surface area contributed by atoms with Crippen LogP contribution in [-0.4, -0.2) is 53.8 Å². The Bertz CT molecular complexity index is 2120. The van der Waals surface area contributed by atoms with Gasteiger partial charge in [0, 0.05) is 34.0 Å². The maximum atomic E-state index is 14.0. The van der Waals surface area contributed by atoms with Gasteiger partial charge in [0.25, 0.3) is 0 Å². The molecule has 1 aliphatic heterocycles. The van der Waals surface area contributed by atoms with E-state index in [2.05, 4.69) is 18.4 Å². The molecule has 6 rings (SSSR count). The van der Waals surface area contributed by atoms with E-state index in [-0.39, 0.29) is 39.2 Å². The minimum Gasteiger partial charge on any atom is -0.486 e. The number of fused-ring (bicyclic) bond motifs is 3. The number of alkyl halides is 7. The molecule has 1 aromatic heterocycles. The van der Waals surface area contributed by atoms with E-state index < -0.39 is 49.2 Å². The fourth-order valence-corrected chi connectivity index (χ4v) is 6.29. The first-order chi connectivity index (χ1) is 23.5. The van der Waals surface area contributed by atoms with Gasteiger partial charge >= 0.3 is 18.3 Å². The van der Waals surface area contributed by atoms with Gasteiger partial charge in [-0.3, -0.25) is 9.59 Å². The highest BCUT2D eigenvalue weighted by molar-refractivity contribution is 6.18. The summed E-state index contributed by atoms with van der Waals surface area (Å²) in [6.45, 7) is 2.60. The number of hydrogen-bond donors (Lipinski definition) is 0. The van der Waals surface area contributed by atoms with Crippen molar-refractivity contribution < 1.29 is 49.8 Å². The molecule has 5 nitrogen and oxygen atoms in total. The van der Waals surface area contributed by atoms with Crippen molar-refractivity contribution in [3.63, 3.8) is 0 Å². The summed E-state index contributed by atoms with van der Waals surface area (Å²) in [6.07, 6.45) is -5.82. The standard InChI is InChI=1S/C38H32F7NO4/c1-21(39)37(42,43)19-49-31-11-7-5-9-26(31)34(48)23-14-24-17-36(2,3)18-46-29-13-12-22(15-27(29)28(16-23)32(24)46)33(47)25-8-4-6-10-30(25)50-20-38(44,45)35(40)41/h4-16,21,35H,17-20H2,1-3H3. The number of hydrogen-bond acceptors (Lipinski definition) is 4. The summed E-state index contributed by atoms with van der Waals surface area (Å²) in [6, 6.07) is 19.7. The molecule has 4 aromatic carbocycles. The molecule has 262 valence electrons. The molecule has 0 radical (unpaired) electrons. The lowest BCUT2D eigenvalue weighted by Gasteiger charge is -2.32. The van der Waals surface area contributed by atoms with Gasteiger partial charge in [-0.2, -0.15) is 17.6 Å². The van der Waals surface area contributed by atoms with E-state index in [4.69, 9.17) is 9.47 Å². The van der Waals surface area contributed by atoms with Crippen molar-refractivity contribution in [3.05, 3.63) is 107 Å². The van der Waals surface area contributed by atoms with Crippen LogP contribution in [0.15, 0.2) is 78.9 Å². The minimum atomic E-state index is -4.42. The van der Waals surface area contributed by atoms with Crippen LogP contribution in [0.25, 0.3) is 21.8 Å². The summed E-state index contributed by atoms with van der Waals surface area (Å²) in [7, 11) is 0. The highest BCUT2D eigenvalue weighted by Crippen LogP contribution is 2.42. The van der Waals surface area contributed by atoms with Gasteiger partial charge in [0.05, 0.1) is 16.6 Å². The van der Waals surface area contributed by atoms with Crippen LogP contribution in [0.1, 0.15) is 58.2 Å². The third-order valence-corrected chi connectivity index (χ3v) is 8.82. The van der Waals surface area contributed by atoms with E-state index in [0.29, 0.717) is 23.7 Å². The molecule has 0 saturated carbocycles. The number of carbonyl (C=O) groups excluding carboxylic acids is 2. The third-order valence-electron chi connectivity index (χ3n) is 8.82. The highest BCUT2D eigenvalue weighted by Gasteiger charge is 2.42. The van der Waals surface area contributed by atoms with Crippen LogP contribution in [0.2, 0.25) is 0 Å². The average Bonchev–Trinajstić information content (AvgIpc) is 3.38. The van der Waals surface area contributed by atoms with Crippen LogP contribution in [-0.2, 0) is 13.0 Å². The Morgan fingerprint density at radius 1 is 0.760 bits per heavy atom. The smallest absolute Gasteiger partial charge is 0.340 e. The second-order valence-corrected chi connectivity index (χ2v) is 13.4. The van der Waals surface area contributed by atoms with Gasteiger partial charge < -0.3 is 14.0 Å². The molecule has 0 bridgehead atoms. The van der Waals surface area contributed by atoms with Gasteiger partial charge in [0.15, 0.2) is 31.0 Å². The maximum Gasteiger partial charge on any atom is 0.340 e. The summed E-state index contributed by atoms with van der Waals surface area (Å²) in [5, 5.41) is 1.26. The lowest BCUT2D eigenvalue weighted by molar-refractivity contribution is -0.148. The summed E-state index contributed by atoms with van der Waals surface area (Å²) in [5.41, 5.74) is 2.52. The van der Waals surface area contributed by atoms with Crippen molar-refractivity contribution in [2.75, 3.05) is 13.2 Å². The fourth-order valence-electron chi connectivity index (χ4n) is 6.29. The molecule has 0 saturated heterocycles. The molecule has 0 amide bonds. The normalized spacial score (nSPS) is 15.0. The summed E-state index contributed by atoms with van der Waals surface area (Å²) < 4.78 is 107. The number of nitrogens with zero attached hydrogens (tertiary/aromatic N) is 1. The minimum absolute atomic E-state index is 0.00469. The van der Waals surface area contributed by atoms with Crippen molar-refractivity contribution in [1.29, 1.82) is 0 Å². The molecule has 2 heterocycles. The number of aromatic nitrogens is 1. The van der Waals surface area contributed by atoms with E-state index in [1.807, 2.05) is 0 Å². The molecule has 5 aromatic rings. The number of rotatable bonds is 12. The van der Waals surface area contributed by atoms with Crippen LogP contribution in [0.5, 0.6) is 11.5 Å². The monoisotopic (exact) mass is 699 g/mol. The second-order valence-electron chi connectivity index (χ2n) is 13.4. The lowest BCUT2D eigenvalue weighted by atomic mass is 9.81. The summed E-state index contributed by atoms with van der Waals surface area (Å²) in [5.74, 6) is -9.72.